The molecule has 4 nitrogen and oxygen atoms in total. The van der Waals surface area contributed by atoms with Crippen LogP contribution in [0.3, 0.4) is 0 Å². The van der Waals surface area contributed by atoms with Gasteiger partial charge in [0.1, 0.15) is 13.2 Å². The Morgan fingerprint density at radius 1 is 1.39 bits per heavy atom. The largest absolute Gasteiger partial charge is 0.486 e. The van der Waals surface area contributed by atoms with Gasteiger partial charge in [0, 0.05) is 5.56 Å². The number of aliphatic imine (C=N–C) groups is 1. The molecule has 0 unspecified atom stereocenters. The van der Waals surface area contributed by atoms with Crippen LogP contribution in [-0.2, 0) is 10.3 Å². The summed E-state index contributed by atoms with van der Waals surface area (Å²) in [7, 11) is 0. The van der Waals surface area contributed by atoms with E-state index in [1.807, 2.05) is 13.0 Å². The third-order valence-corrected chi connectivity index (χ3v) is 4.18. The van der Waals surface area contributed by atoms with E-state index < -0.39 is 5.54 Å². The number of aryl methyl sites for hydroxylation is 1. The van der Waals surface area contributed by atoms with Gasteiger partial charge in [0.05, 0.1) is 10.0 Å². The standard InChI is InChI=1S/C13H12BrNO3/c1-8-6-9-12(18-5-4-17-9)11(14)10(8)13(2-3-13)15-7-16/h6H,2-5H2,1H3. The lowest BCUT2D eigenvalue weighted by Crippen LogP contribution is -2.18. The molecular weight excluding hydrogens is 298 g/mol. The van der Waals surface area contributed by atoms with E-state index >= 15 is 0 Å². The highest BCUT2D eigenvalue weighted by Gasteiger charge is 2.48. The molecule has 1 aliphatic heterocycles. The zero-order chi connectivity index (χ0) is 12.8. The van der Waals surface area contributed by atoms with E-state index in [-0.39, 0.29) is 0 Å². The zero-order valence-electron chi connectivity index (χ0n) is 9.96. The van der Waals surface area contributed by atoms with Gasteiger partial charge < -0.3 is 9.47 Å². The van der Waals surface area contributed by atoms with Gasteiger partial charge in [-0.3, -0.25) is 0 Å². The molecule has 0 saturated heterocycles. The topological polar surface area (TPSA) is 47.9 Å². The summed E-state index contributed by atoms with van der Waals surface area (Å²) in [6.45, 7) is 3.10. The highest BCUT2D eigenvalue weighted by atomic mass is 79.9. The van der Waals surface area contributed by atoms with Crippen LogP contribution >= 0.6 is 15.9 Å². The van der Waals surface area contributed by atoms with E-state index in [1.165, 1.54) is 0 Å². The smallest absolute Gasteiger partial charge is 0.235 e. The van der Waals surface area contributed by atoms with Crippen LogP contribution in [0, 0.1) is 6.92 Å². The first-order chi connectivity index (χ1) is 8.68. The Labute approximate surface area is 113 Å². The van der Waals surface area contributed by atoms with Gasteiger partial charge in [-0.15, -0.1) is 0 Å². The third kappa shape index (κ3) is 1.66. The Morgan fingerprint density at radius 2 is 2.11 bits per heavy atom. The molecule has 94 valence electrons. The molecule has 0 N–H and O–H groups in total. The summed E-state index contributed by atoms with van der Waals surface area (Å²) in [6, 6.07) is 1.95. The highest BCUT2D eigenvalue weighted by Crippen LogP contribution is 2.56. The first-order valence-electron chi connectivity index (χ1n) is 5.86. The van der Waals surface area contributed by atoms with Gasteiger partial charge in [0.2, 0.25) is 6.08 Å². The molecule has 1 aromatic carbocycles. The second-order valence-corrected chi connectivity index (χ2v) is 5.43. The third-order valence-electron chi connectivity index (χ3n) is 3.42. The monoisotopic (exact) mass is 309 g/mol. The molecule has 2 aliphatic rings. The van der Waals surface area contributed by atoms with Crippen molar-refractivity contribution in [2.45, 2.75) is 25.3 Å². The Balaban J connectivity index is 2.18. The van der Waals surface area contributed by atoms with E-state index in [0.717, 1.165) is 34.2 Å². The van der Waals surface area contributed by atoms with E-state index in [0.29, 0.717) is 19.0 Å². The first-order valence-corrected chi connectivity index (χ1v) is 6.65. The summed E-state index contributed by atoms with van der Waals surface area (Å²) in [6.07, 6.45) is 3.44. The zero-order valence-corrected chi connectivity index (χ0v) is 11.5. The maximum Gasteiger partial charge on any atom is 0.235 e. The fourth-order valence-electron chi connectivity index (χ4n) is 2.46. The van der Waals surface area contributed by atoms with E-state index in [4.69, 9.17) is 9.47 Å². The minimum absolute atomic E-state index is 0.402. The van der Waals surface area contributed by atoms with Crippen molar-refractivity contribution >= 4 is 22.0 Å². The Kier molecular flexibility index (Phi) is 2.68. The molecule has 1 aromatic rings. The molecule has 0 amide bonds. The fraction of sp³-hybridized carbons (Fsp3) is 0.462. The summed E-state index contributed by atoms with van der Waals surface area (Å²) >= 11 is 3.57. The quantitative estimate of drug-likeness (QED) is 0.623. The van der Waals surface area contributed by atoms with Crippen LogP contribution in [0.15, 0.2) is 15.5 Å². The van der Waals surface area contributed by atoms with Crippen molar-refractivity contribution in [1.29, 1.82) is 0 Å². The minimum Gasteiger partial charge on any atom is -0.486 e. The number of hydrogen-bond acceptors (Lipinski definition) is 4. The summed E-state index contributed by atoms with van der Waals surface area (Å²) in [5.74, 6) is 1.47. The molecule has 0 radical (unpaired) electrons. The molecule has 3 rings (SSSR count). The minimum atomic E-state index is -0.402. The molecule has 1 aliphatic carbocycles. The maximum atomic E-state index is 10.6. The summed E-state index contributed by atoms with van der Waals surface area (Å²) in [5.41, 5.74) is 1.68. The van der Waals surface area contributed by atoms with Crippen molar-refractivity contribution in [2.75, 3.05) is 13.2 Å². The van der Waals surface area contributed by atoms with Crippen LogP contribution in [0.5, 0.6) is 11.5 Å². The van der Waals surface area contributed by atoms with Crippen molar-refractivity contribution in [3.05, 3.63) is 21.7 Å². The number of carbonyl (C=O) groups excluding carboxylic acids is 1. The van der Waals surface area contributed by atoms with E-state index in [9.17, 15) is 4.79 Å². The van der Waals surface area contributed by atoms with Crippen molar-refractivity contribution in [3.8, 4) is 11.5 Å². The van der Waals surface area contributed by atoms with Crippen LogP contribution in [-0.4, -0.2) is 19.3 Å². The number of benzene rings is 1. The van der Waals surface area contributed by atoms with Gasteiger partial charge in [-0.05, 0) is 47.3 Å². The number of isocyanates is 1. The van der Waals surface area contributed by atoms with Gasteiger partial charge in [-0.1, -0.05) is 0 Å². The normalized spacial score (nSPS) is 19.0. The Hall–Kier alpha value is -1.32. The lowest BCUT2D eigenvalue weighted by atomic mass is 9.98. The molecule has 1 fully saturated rings. The summed E-state index contributed by atoms with van der Waals surface area (Å²) < 4.78 is 12.1. The number of nitrogens with zero attached hydrogens (tertiary/aromatic N) is 1. The van der Waals surface area contributed by atoms with Crippen LogP contribution < -0.4 is 9.47 Å². The SMILES string of the molecule is Cc1cc2c(c(Br)c1C1(N=C=O)CC1)OCCO2. The Morgan fingerprint density at radius 3 is 2.78 bits per heavy atom. The first kappa shape index (κ1) is 11.8. The van der Waals surface area contributed by atoms with Crippen molar-refractivity contribution in [2.24, 2.45) is 4.99 Å². The van der Waals surface area contributed by atoms with Crippen LogP contribution in [0.2, 0.25) is 0 Å². The van der Waals surface area contributed by atoms with Gasteiger partial charge in [0.15, 0.2) is 11.5 Å². The lowest BCUT2D eigenvalue weighted by molar-refractivity contribution is 0.170. The summed E-state index contributed by atoms with van der Waals surface area (Å²) in [4.78, 5) is 14.6. The average Bonchev–Trinajstić information content (AvgIpc) is 3.10. The predicted octanol–water partition coefficient (Wildman–Crippen LogP) is 2.85. The number of hydrogen-bond donors (Lipinski definition) is 0. The fourth-order valence-corrected chi connectivity index (χ4v) is 3.45. The van der Waals surface area contributed by atoms with Crippen LogP contribution in [0.4, 0.5) is 0 Å². The van der Waals surface area contributed by atoms with Gasteiger partial charge >= 0.3 is 0 Å². The van der Waals surface area contributed by atoms with Crippen molar-refractivity contribution in [3.63, 3.8) is 0 Å². The van der Waals surface area contributed by atoms with E-state index in [2.05, 4.69) is 20.9 Å². The lowest BCUT2D eigenvalue weighted by Gasteiger charge is -2.24. The van der Waals surface area contributed by atoms with E-state index in [1.54, 1.807) is 6.08 Å². The van der Waals surface area contributed by atoms with Crippen LogP contribution in [0.25, 0.3) is 0 Å². The molecule has 18 heavy (non-hydrogen) atoms. The van der Waals surface area contributed by atoms with Crippen molar-refractivity contribution in [1.82, 2.24) is 0 Å². The molecule has 1 heterocycles. The number of rotatable bonds is 2. The van der Waals surface area contributed by atoms with Crippen molar-refractivity contribution < 1.29 is 14.3 Å². The Bertz CT molecular complexity index is 560. The second-order valence-electron chi connectivity index (χ2n) is 4.64. The predicted molar refractivity (Wildman–Crippen MR) is 68.9 cm³/mol. The van der Waals surface area contributed by atoms with Gasteiger partial charge in [-0.25, -0.2) is 4.79 Å². The van der Waals surface area contributed by atoms with Gasteiger partial charge in [-0.2, -0.15) is 4.99 Å². The molecule has 0 aromatic heterocycles. The number of ether oxygens (including phenoxy) is 2. The molecule has 0 spiro atoms. The van der Waals surface area contributed by atoms with Crippen LogP contribution in [0.1, 0.15) is 24.0 Å². The molecule has 0 atom stereocenters. The number of fused-ring (bicyclic) bond motifs is 1. The summed E-state index contributed by atoms with van der Waals surface area (Å²) in [5, 5.41) is 0. The molecule has 0 bridgehead atoms. The molecule has 1 saturated carbocycles. The highest BCUT2D eigenvalue weighted by molar-refractivity contribution is 9.10. The average molecular weight is 310 g/mol. The maximum absolute atomic E-state index is 10.6. The molecular formula is C13H12BrNO3. The number of halogens is 1. The second kappa shape index (κ2) is 4.11. The molecule has 5 heteroatoms. The van der Waals surface area contributed by atoms with Gasteiger partial charge in [0.25, 0.3) is 0 Å².